The molecule has 2 aromatic carbocycles. The molecule has 2 aliphatic rings. The molecule has 0 aromatic heterocycles. The van der Waals surface area contributed by atoms with Gasteiger partial charge in [-0.05, 0) is 103 Å². The van der Waals surface area contributed by atoms with Gasteiger partial charge in [0.05, 0.1) is 4.08 Å². The highest BCUT2D eigenvalue weighted by molar-refractivity contribution is 8.87. The maximum absolute atomic E-state index is 10.6. The average molecular weight is 876 g/mol. The number of rotatable bonds is 26. The summed E-state index contributed by atoms with van der Waals surface area (Å²) in [6, 6.07) is 12.8. The van der Waals surface area contributed by atoms with Crippen LogP contribution in [-0.4, -0.2) is 35.3 Å². The van der Waals surface area contributed by atoms with E-state index in [0.29, 0.717) is 15.6 Å². The molecule has 2 fully saturated rings. The van der Waals surface area contributed by atoms with Crippen molar-refractivity contribution in [2.45, 2.75) is 239 Å². The first-order valence-electron chi connectivity index (χ1n) is 23.2. The van der Waals surface area contributed by atoms with Gasteiger partial charge in [0.1, 0.15) is 11.5 Å². The predicted octanol–water partition coefficient (Wildman–Crippen LogP) is 17.4. The number of phenols is 2. The van der Waals surface area contributed by atoms with Gasteiger partial charge in [-0.2, -0.15) is 11.8 Å². The molecule has 2 N–H and O–H groups in total. The van der Waals surface area contributed by atoms with Gasteiger partial charge >= 0.3 is 0 Å². The fourth-order valence-corrected chi connectivity index (χ4v) is 19.2. The third-order valence-electron chi connectivity index (χ3n) is 12.2. The van der Waals surface area contributed by atoms with Gasteiger partial charge in [-0.1, -0.05) is 213 Å². The molecule has 5 atom stereocenters. The number of aromatic hydroxyl groups is 2. The first kappa shape index (κ1) is 49.4. The summed E-state index contributed by atoms with van der Waals surface area (Å²) in [5.41, 5.74) is 4.60. The minimum Gasteiger partial charge on any atom is -0.508 e. The van der Waals surface area contributed by atoms with Crippen LogP contribution in [0, 0.1) is 0 Å². The number of hydrogen-bond donors (Lipinski definition) is 2. The topological polar surface area (TPSA) is 40.5 Å². The Morgan fingerprint density at radius 3 is 1.47 bits per heavy atom. The third-order valence-corrected chi connectivity index (χ3v) is 22.1. The number of benzene rings is 2. The highest BCUT2D eigenvalue weighted by Crippen LogP contribution is 2.63. The van der Waals surface area contributed by atoms with E-state index in [4.69, 9.17) is 0 Å². The summed E-state index contributed by atoms with van der Waals surface area (Å²) < 4.78 is 0.347. The molecule has 0 bridgehead atoms. The lowest BCUT2D eigenvalue weighted by Crippen LogP contribution is -2.20. The monoisotopic (exact) mass is 874 g/mol. The molecule has 324 valence electrons. The van der Waals surface area contributed by atoms with Crippen molar-refractivity contribution >= 4 is 54.9 Å². The normalized spacial score (nSPS) is 22.8. The molecule has 4 rings (SSSR count). The quantitative estimate of drug-likeness (QED) is 0.0554. The second-order valence-corrected chi connectivity index (χ2v) is 26.9. The zero-order valence-electron chi connectivity index (χ0n) is 37.5. The molecule has 2 aromatic rings. The molecule has 0 radical (unpaired) electrons. The van der Waals surface area contributed by atoms with Crippen molar-refractivity contribution in [3.8, 4) is 11.5 Å². The minimum absolute atomic E-state index is 0.0219. The standard InChI is InChI=1S/C50H82O2S5/c1-9-11-12-18-23-33-50(34-24-19-14-16-21-27-39-30-32-41(43(52)36-39)49(6,7)8)56-54-45(47(55-57-50)37-46-44(53-46)25-10-2)28-22-17-13-15-20-26-38-29-31-40(42(51)35-38)48(3,4)5/h29-32,35-36,44-47,51-52H,9-28,33-34,37H2,1-8H3. The van der Waals surface area contributed by atoms with Crippen LogP contribution >= 0.6 is 54.9 Å². The van der Waals surface area contributed by atoms with Crippen molar-refractivity contribution in [3.05, 3.63) is 58.7 Å². The Morgan fingerprint density at radius 1 is 0.509 bits per heavy atom. The van der Waals surface area contributed by atoms with E-state index >= 15 is 0 Å². The Morgan fingerprint density at radius 2 is 0.982 bits per heavy atom. The van der Waals surface area contributed by atoms with Gasteiger partial charge in [-0.3, -0.25) is 0 Å². The van der Waals surface area contributed by atoms with Crippen molar-refractivity contribution in [1.29, 1.82) is 0 Å². The zero-order chi connectivity index (χ0) is 41.3. The summed E-state index contributed by atoms with van der Waals surface area (Å²) in [6.07, 6.45) is 30.3. The van der Waals surface area contributed by atoms with Crippen molar-refractivity contribution in [2.75, 3.05) is 0 Å². The van der Waals surface area contributed by atoms with E-state index in [1.54, 1.807) is 0 Å². The van der Waals surface area contributed by atoms with Gasteiger partial charge < -0.3 is 10.2 Å². The van der Waals surface area contributed by atoms with Crippen LogP contribution in [0.4, 0.5) is 0 Å². The molecule has 2 saturated heterocycles. The van der Waals surface area contributed by atoms with E-state index in [9.17, 15) is 10.2 Å². The first-order valence-corrected chi connectivity index (χ1v) is 28.6. The number of phenolic OH excluding ortho intramolecular Hbond substituents is 2. The van der Waals surface area contributed by atoms with Crippen molar-refractivity contribution in [1.82, 2.24) is 0 Å². The number of unbranched alkanes of at least 4 members (excludes halogenated alkanes) is 12. The highest BCUT2D eigenvalue weighted by Gasteiger charge is 2.44. The Labute approximate surface area is 371 Å². The summed E-state index contributed by atoms with van der Waals surface area (Å²) >= 11 is 2.28. The summed E-state index contributed by atoms with van der Waals surface area (Å²) in [5, 5.41) is 24.6. The van der Waals surface area contributed by atoms with E-state index in [1.807, 2.05) is 12.1 Å². The van der Waals surface area contributed by atoms with Crippen LogP contribution in [0.1, 0.15) is 212 Å². The van der Waals surface area contributed by atoms with Crippen molar-refractivity contribution in [2.24, 2.45) is 0 Å². The van der Waals surface area contributed by atoms with Gasteiger partial charge in [0.25, 0.3) is 0 Å². The highest BCUT2D eigenvalue weighted by atomic mass is 33.1. The smallest absolute Gasteiger partial charge is 0.119 e. The van der Waals surface area contributed by atoms with E-state index in [1.165, 1.54) is 146 Å². The summed E-state index contributed by atoms with van der Waals surface area (Å²) in [5.74, 6) is 0.922. The molecule has 2 aliphatic heterocycles. The Kier molecular flexibility index (Phi) is 21.7. The van der Waals surface area contributed by atoms with Crippen LogP contribution in [0.3, 0.4) is 0 Å². The van der Waals surface area contributed by atoms with Gasteiger partial charge in [0, 0.05) is 21.0 Å². The van der Waals surface area contributed by atoms with Gasteiger partial charge in [0.2, 0.25) is 0 Å². The number of thioether (sulfide) groups is 1. The summed E-state index contributed by atoms with van der Waals surface area (Å²) in [7, 11) is 9.28. The van der Waals surface area contributed by atoms with E-state index in [-0.39, 0.29) is 10.8 Å². The number of aryl methyl sites for hydroxylation is 2. The van der Waals surface area contributed by atoms with Crippen LogP contribution < -0.4 is 0 Å². The molecule has 0 spiro atoms. The molecule has 2 nitrogen and oxygen atoms in total. The van der Waals surface area contributed by atoms with E-state index in [0.717, 1.165) is 45.0 Å². The maximum atomic E-state index is 10.6. The largest absolute Gasteiger partial charge is 0.508 e. The first-order chi connectivity index (χ1) is 27.2. The fourth-order valence-electron chi connectivity index (χ4n) is 8.50. The lowest BCUT2D eigenvalue weighted by atomic mass is 9.85. The van der Waals surface area contributed by atoms with Crippen LogP contribution in [0.15, 0.2) is 36.4 Å². The number of hydrogen-bond acceptors (Lipinski definition) is 7. The van der Waals surface area contributed by atoms with Crippen LogP contribution in [0.25, 0.3) is 0 Å². The molecule has 7 heteroatoms. The summed E-state index contributed by atoms with van der Waals surface area (Å²) in [4.78, 5) is 0. The Bertz CT molecular complexity index is 1430. The molecule has 57 heavy (non-hydrogen) atoms. The second-order valence-electron chi connectivity index (χ2n) is 19.5. The van der Waals surface area contributed by atoms with Crippen LogP contribution in [0.5, 0.6) is 11.5 Å². The van der Waals surface area contributed by atoms with Gasteiger partial charge in [-0.25, -0.2) is 0 Å². The molecule has 0 aliphatic carbocycles. The van der Waals surface area contributed by atoms with Crippen molar-refractivity contribution < 1.29 is 10.2 Å². The second kappa shape index (κ2) is 25.0. The van der Waals surface area contributed by atoms with Crippen LogP contribution in [-0.2, 0) is 23.7 Å². The average Bonchev–Trinajstić information content (AvgIpc) is 3.92. The summed E-state index contributed by atoms with van der Waals surface area (Å²) in [6.45, 7) is 17.7. The molecular formula is C50H82O2S5. The molecular weight excluding hydrogens is 793 g/mol. The minimum atomic E-state index is -0.0231. The lowest BCUT2D eigenvalue weighted by molar-refractivity contribution is 0.445. The van der Waals surface area contributed by atoms with E-state index < -0.39 is 0 Å². The van der Waals surface area contributed by atoms with E-state index in [2.05, 4.69) is 135 Å². The van der Waals surface area contributed by atoms with Crippen molar-refractivity contribution in [3.63, 3.8) is 0 Å². The van der Waals surface area contributed by atoms with Gasteiger partial charge in [-0.15, -0.1) is 0 Å². The molecule has 0 amide bonds. The maximum Gasteiger partial charge on any atom is 0.119 e. The zero-order valence-corrected chi connectivity index (χ0v) is 41.6. The molecule has 0 saturated carbocycles. The third kappa shape index (κ3) is 17.6. The van der Waals surface area contributed by atoms with Crippen LogP contribution in [0.2, 0.25) is 0 Å². The Balaban J connectivity index is 1.25. The predicted molar refractivity (Wildman–Crippen MR) is 265 cm³/mol. The SMILES string of the molecule is CCCCCCCC1(CCCCCCCc2ccc(C(C)(C)C)c(O)c2)SSC(CCCCCCCc2ccc(C(C)(C)C)c(O)c2)C(CC2SC2CCC)SS1. The molecule has 5 unspecified atom stereocenters. The fraction of sp³-hybridized carbons (Fsp3) is 0.760. The Hall–Kier alpha value is -0.210. The molecule has 2 heterocycles. The lowest BCUT2D eigenvalue weighted by Gasteiger charge is -2.30. The van der Waals surface area contributed by atoms with Gasteiger partial charge in [0.15, 0.2) is 0 Å².